The molecule has 2 aromatic rings. The number of ether oxygens (including phenoxy) is 1. The van der Waals surface area contributed by atoms with Crippen molar-refractivity contribution in [2.75, 3.05) is 6.61 Å². The molecular weight excluding hydrogens is 196 g/mol. The summed E-state index contributed by atoms with van der Waals surface area (Å²) in [6, 6.07) is 5.27. The van der Waals surface area contributed by atoms with Crippen LogP contribution in [0.25, 0.3) is 11.0 Å². The van der Waals surface area contributed by atoms with Gasteiger partial charge in [0.15, 0.2) is 6.61 Å². The third-order valence-corrected chi connectivity index (χ3v) is 2.06. The summed E-state index contributed by atoms with van der Waals surface area (Å²) < 4.78 is 6.91. The van der Waals surface area contributed by atoms with E-state index >= 15 is 0 Å². The van der Waals surface area contributed by atoms with Gasteiger partial charge in [-0.05, 0) is 12.1 Å². The number of carboxylic acid groups (broad SMARTS) is 1. The van der Waals surface area contributed by atoms with Gasteiger partial charge in [0.05, 0.1) is 17.4 Å². The minimum atomic E-state index is -0.986. The van der Waals surface area contributed by atoms with E-state index in [0.717, 1.165) is 11.0 Å². The number of imidazole rings is 1. The van der Waals surface area contributed by atoms with Gasteiger partial charge < -0.3 is 14.4 Å². The highest BCUT2D eigenvalue weighted by Gasteiger charge is 2.03. The van der Waals surface area contributed by atoms with Crippen LogP contribution >= 0.6 is 0 Å². The SMILES string of the molecule is Cn1cnc2ccc(OCC(=O)O)cc21. The van der Waals surface area contributed by atoms with Crippen molar-refractivity contribution in [3.8, 4) is 5.75 Å². The highest BCUT2D eigenvalue weighted by atomic mass is 16.5. The van der Waals surface area contributed by atoms with Crippen molar-refractivity contribution < 1.29 is 14.6 Å². The van der Waals surface area contributed by atoms with Gasteiger partial charge in [-0.15, -0.1) is 0 Å². The zero-order valence-corrected chi connectivity index (χ0v) is 8.17. The molecule has 0 saturated carbocycles. The monoisotopic (exact) mass is 206 g/mol. The Kier molecular flexibility index (Phi) is 2.29. The fraction of sp³-hybridized carbons (Fsp3) is 0.200. The van der Waals surface area contributed by atoms with Crippen LogP contribution in [-0.2, 0) is 11.8 Å². The second kappa shape index (κ2) is 3.61. The van der Waals surface area contributed by atoms with Crippen LogP contribution in [0.3, 0.4) is 0 Å². The van der Waals surface area contributed by atoms with Crippen LogP contribution < -0.4 is 4.74 Å². The van der Waals surface area contributed by atoms with Crippen LogP contribution in [-0.4, -0.2) is 27.2 Å². The maximum atomic E-state index is 10.3. The molecule has 1 aromatic heterocycles. The van der Waals surface area contributed by atoms with Gasteiger partial charge in [0.25, 0.3) is 0 Å². The van der Waals surface area contributed by atoms with E-state index in [2.05, 4.69) is 4.98 Å². The van der Waals surface area contributed by atoms with Crippen LogP contribution in [0.15, 0.2) is 24.5 Å². The van der Waals surface area contributed by atoms with Gasteiger partial charge in [-0.1, -0.05) is 0 Å². The second-order valence-corrected chi connectivity index (χ2v) is 3.19. The number of rotatable bonds is 3. The normalized spacial score (nSPS) is 10.5. The number of aliphatic carboxylic acids is 1. The third-order valence-electron chi connectivity index (χ3n) is 2.06. The van der Waals surface area contributed by atoms with Crippen molar-refractivity contribution in [3.63, 3.8) is 0 Å². The van der Waals surface area contributed by atoms with Gasteiger partial charge in [0.1, 0.15) is 5.75 Å². The Morgan fingerprint density at radius 2 is 2.40 bits per heavy atom. The summed E-state index contributed by atoms with van der Waals surface area (Å²) >= 11 is 0. The number of aryl methyl sites for hydroxylation is 1. The first-order valence-electron chi connectivity index (χ1n) is 4.42. The molecule has 2 rings (SSSR count). The first kappa shape index (κ1) is 9.51. The number of nitrogens with zero attached hydrogens (tertiary/aromatic N) is 2. The molecule has 0 spiro atoms. The van der Waals surface area contributed by atoms with E-state index < -0.39 is 5.97 Å². The molecule has 0 aliphatic carbocycles. The molecule has 0 aliphatic heterocycles. The number of hydrogen-bond donors (Lipinski definition) is 1. The van der Waals surface area contributed by atoms with Crippen LogP contribution in [0.2, 0.25) is 0 Å². The van der Waals surface area contributed by atoms with E-state index in [-0.39, 0.29) is 6.61 Å². The number of benzene rings is 1. The maximum Gasteiger partial charge on any atom is 0.341 e. The molecule has 1 heterocycles. The minimum absolute atomic E-state index is 0.330. The predicted molar refractivity (Wildman–Crippen MR) is 53.8 cm³/mol. The molecule has 0 unspecified atom stereocenters. The molecule has 0 amide bonds. The van der Waals surface area contributed by atoms with Crippen molar-refractivity contribution in [2.45, 2.75) is 0 Å². The molecule has 0 aliphatic rings. The van der Waals surface area contributed by atoms with Crippen molar-refractivity contribution in [1.82, 2.24) is 9.55 Å². The molecule has 0 saturated heterocycles. The Hall–Kier alpha value is -2.04. The Morgan fingerprint density at radius 3 is 3.13 bits per heavy atom. The van der Waals surface area contributed by atoms with E-state index in [9.17, 15) is 4.79 Å². The summed E-state index contributed by atoms with van der Waals surface area (Å²) in [5.41, 5.74) is 1.78. The zero-order chi connectivity index (χ0) is 10.8. The lowest BCUT2D eigenvalue weighted by atomic mass is 10.3. The van der Waals surface area contributed by atoms with E-state index in [1.165, 1.54) is 0 Å². The largest absolute Gasteiger partial charge is 0.482 e. The number of carbonyl (C=O) groups is 1. The van der Waals surface area contributed by atoms with E-state index in [4.69, 9.17) is 9.84 Å². The average molecular weight is 206 g/mol. The lowest BCUT2D eigenvalue weighted by molar-refractivity contribution is -0.139. The lowest BCUT2D eigenvalue weighted by Gasteiger charge is -2.03. The Morgan fingerprint density at radius 1 is 1.60 bits per heavy atom. The summed E-state index contributed by atoms with van der Waals surface area (Å²) in [4.78, 5) is 14.5. The predicted octanol–water partition coefficient (Wildman–Crippen LogP) is 1.04. The smallest absolute Gasteiger partial charge is 0.341 e. The van der Waals surface area contributed by atoms with Gasteiger partial charge in [0, 0.05) is 13.1 Å². The van der Waals surface area contributed by atoms with E-state index in [1.807, 2.05) is 11.6 Å². The number of fused-ring (bicyclic) bond motifs is 1. The van der Waals surface area contributed by atoms with Gasteiger partial charge in [0.2, 0.25) is 0 Å². The van der Waals surface area contributed by atoms with E-state index in [1.54, 1.807) is 24.5 Å². The van der Waals surface area contributed by atoms with Crippen LogP contribution in [0, 0.1) is 0 Å². The second-order valence-electron chi connectivity index (χ2n) is 3.19. The summed E-state index contributed by atoms with van der Waals surface area (Å²) in [6.07, 6.45) is 1.70. The number of hydrogen-bond acceptors (Lipinski definition) is 3. The van der Waals surface area contributed by atoms with Crippen LogP contribution in [0.1, 0.15) is 0 Å². The van der Waals surface area contributed by atoms with Gasteiger partial charge in [-0.3, -0.25) is 0 Å². The highest BCUT2D eigenvalue weighted by molar-refractivity contribution is 5.77. The molecule has 0 atom stereocenters. The Bertz CT molecular complexity index is 504. The lowest BCUT2D eigenvalue weighted by Crippen LogP contribution is -2.09. The van der Waals surface area contributed by atoms with Gasteiger partial charge in [-0.2, -0.15) is 0 Å². The first-order valence-corrected chi connectivity index (χ1v) is 4.42. The molecule has 78 valence electrons. The Balaban J connectivity index is 2.29. The first-order chi connectivity index (χ1) is 7.16. The zero-order valence-electron chi connectivity index (χ0n) is 8.17. The maximum absolute atomic E-state index is 10.3. The summed E-state index contributed by atoms with van der Waals surface area (Å²) in [5.74, 6) is -0.450. The molecule has 15 heavy (non-hydrogen) atoms. The molecule has 0 radical (unpaired) electrons. The number of aromatic nitrogens is 2. The summed E-state index contributed by atoms with van der Waals surface area (Å²) in [6.45, 7) is -0.330. The molecule has 0 fully saturated rings. The highest BCUT2D eigenvalue weighted by Crippen LogP contribution is 2.19. The molecule has 0 bridgehead atoms. The van der Waals surface area contributed by atoms with Gasteiger partial charge in [-0.25, -0.2) is 9.78 Å². The fourth-order valence-corrected chi connectivity index (χ4v) is 1.34. The van der Waals surface area contributed by atoms with Crippen molar-refractivity contribution >= 4 is 17.0 Å². The van der Waals surface area contributed by atoms with Crippen molar-refractivity contribution in [2.24, 2.45) is 7.05 Å². The standard InChI is InChI=1S/C10H10N2O3/c1-12-6-11-8-3-2-7(4-9(8)12)15-5-10(13)14/h2-4,6H,5H2,1H3,(H,13,14). The van der Waals surface area contributed by atoms with E-state index in [0.29, 0.717) is 5.75 Å². The molecular formula is C10H10N2O3. The minimum Gasteiger partial charge on any atom is -0.482 e. The molecule has 1 N–H and O–H groups in total. The molecule has 1 aromatic carbocycles. The quantitative estimate of drug-likeness (QED) is 0.814. The topological polar surface area (TPSA) is 64.4 Å². The van der Waals surface area contributed by atoms with Crippen molar-refractivity contribution in [3.05, 3.63) is 24.5 Å². The summed E-state index contributed by atoms with van der Waals surface area (Å²) in [7, 11) is 1.87. The molecule has 5 nitrogen and oxygen atoms in total. The molecule has 5 heteroatoms. The van der Waals surface area contributed by atoms with Crippen molar-refractivity contribution in [1.29, 1.82) is 0 Å². The summed E-state index contributed by atoms with van der Waals surface area (Å²) in [5, 5.41) is 8.46. The van der Waals surface area contributed by atoms with Crippen LogP contribution in [0.4, 0.5) is 0 Å². The van der Waals surface area contributed by atoms with Crippen LogP contribution in [0.5, 0.6) is 5.75 Å². The fourth-order valence-electron chi connectivity index (χ4n) is 1.34. The average Bonchev–Trinajstić information content (AvgIpc) is 2.57. The number of carboxylic acids is 1. The van der Waals surface area contributed by atoms with Gasteiger partial charge >= 0.3 is 5.97 Å². The third kappa shape index (κ3) is 1.90. The Labute approximate surface area is 85.9 Å².